The molecule has 0 amide bonds. The number of likely N-dealkylation sites (tertiary alicyclic amines) is 1. The number of nitrogens with zero attached hydrogens (tertiary/aromatic N) is 1. The van der Waals surface area contributed by atoms with Gasteiger partial charge in [0, 0.05) is 13.1 Å². The number of aromatic hydroxyl groups is 1. The minimum atomic E-state index is 0. The molecule has 1 heterocycles. The Kier molecular flexibility index (Phi) is 6.31. The van der Waals surface area contributed by atoms with Crippen LogP contribution in [0.3, 0.4) is 0 Å². The van der Waals surface area contributed by atoms with Gasteiger partial charge in [-0.15, -0.1) is 12.4 Å². The first-order valence-electron chi connectivity index (χ1n) is 8.64. The van der Waals surface area contributed by atoms with Crippen molar-refractivity contribution >= 4 is 12.4 Å². The molecular formula is C21H28ClNO. The predicted octanol–water partition coefficient (Wildman–Crippen LogP) is 4.66. The van der Waals surface area contributed by atoms with E-state index in [0.29, 0.717) is 11.7 Å². The monoisotopic (exact) mass is 345 g/mol. The van der Waals surface area contributed by atoms with E-state index in [4.69, 9.17) is 0 Å². The van der Waals surface area contributed by atoms with Gasteiger partial charge in [0.15, 0.2) is 0 Å². The van der Waals surface area contributed by atoms with Gasteiger partial charge in [0.1, 0.15) is 5.75 Å². The first-order valence-corrected chi connectivity index (χ1v) is 8.64. The Hall–Kier alpha value is -1.51. The van der Waals surface area contributed by atoms with Crippen LogP contribution in [0.25, 0.3) is 0 Å². The summed E-state index contributed by atoms with van der Waals surface area (Å²) in [7, 11) is 0. The highest BCUT2D eigenvalue weighted by molar-refractivity contribution is 5.85. The van der Waals surface area contributed by atoms with E-state index in [-0.39, 0.29) is 17.8 Å². The van der Waals surface area contributed by atoms with Crippen molar-refractivity contribution in [1.29, 1.82) is 0 Å². The molecule has 2 nitrogen and oxygen atoms in total. The Balaban J connectivity index is 0.00000208. The van der Waals surface area contributed by atoms with Crippen molar-refractivity contribution in [2.75, 3.05) is 19.6 Å². The second kappa shape index (κ2) is 8.04. The summed E-state index contributed by atoms with van der Waals surface area (Å²) in [6, 6.07) is 18.6. The molecule has 0 radical (unpaired) electrons. The van der Waals surface area contributed by atoms with Gasteiger partial charge in [0.2, 0.25) is 0 Å². The average Bonchev–Trinajstić information content (AvgIpc) is 2.57. The molecular weight excluding hydrogens is 318 g/mol. The normalized spacial score (nSPS) is 24.3. The zero-order chi connectivity index (χ0) is 16.3. The second-order valence-electron chi connectivity index (χ2n) is 7.16. The molecule has 0 saturated carbocycles. The van der Waals surface area contributed by atoms with Crippen LogP contribution in [0.2, 0.25) is 0 Å². The predicted molar refractivity (Wildman–Crippen MR) is 103 cm³/mol. The standard InChI is InChI=1S/C21H27NO.ClH/c1-17-16-22(13-11-18-7-4-3-5-8-18)14-12-21(17,2)19-9-6-10-20(23)15-19;/h3-10,15,17,23H,11-14,16H2,1-2H3;1H/t17-,21+;/m1./s1. The number of rotatable bonds is 4. The molecule has 1 aliphatic heterocycles. The highest BCUT2D eigenvalue weighted by atomic mass is 35.5. The lowest BCUT2D eigenvalue weighted by atomic mass is 9.68. The van der Waals surface area contributed by atoms with Crippen LogP contribution in [0.5, 0.6) is 5.75 Å². The zero-order valence-electron chi connectivity index (χ0n) is 14.6. The fourth-order valence-corrected chi connectivity index (χ4v) is 3.74. The van der Waals surface area contributed by atoms with Crippen LogP contribution in [0.1, 0.15) is 31.4 Å². The highest BCUT2D eigenvalue weighted by Gasteiger charge is 2.37. The van der Waals surface area contributed by atoms with Crippen molar-refractivity contribution in [1.82, 2.24) is 4.90 Å². The van der Waals surface area contributed by atoms with Gasteiger partial charge < -0.3 is 10.0 Å². The molecule has 0 aromatic heterocycles. The van der Waals surface area contributed by atoms with Gasteiger partial charge in [-0.2, -0.15) is 0 Å². The summed E-state index contributed by atoms with van der Waals surface area (Å²) in [6.07, 6.45) is 2.27. The molecule has 0 unspecified atom stereocenters. The smallest absolute Gasteiger partial charge is 0.115 e. The van der Waals surface area contributed by atoms with E-state index >= 15 is 0 Å². The third-order valence-electron chi connectivity index (χ3n) is 5.63. The fraction of sp³-hybridized carbons (Fsp3) is 0.429. The number of hydrogen-bond acceptors (Lipinski definition) is 2. The fourth-order valence-electron chi connectivity index (χ4n) is 3.74. The molecule has 1 N–H and O–H groups in total. The molecule has 3 rings (SSSR count). The van der Waals surface area contributed by atoms with Crippen molar-refractivity contribution in [2.24, 2.45) is 5.92 Å². The molecule has 1 aliphatic rings. The van der Waals surface area contributed by atoms with E-state index in [2.05, 4.69) is 55.1 Å². The van der Waals surface area contributed by atoms with Gasteiger partial charge in [-0.25, -0.2) is 0 Å². The lowest BCUT2D eigenvalue weighted by Crippen LogP contribution is -2.47. The van der Waals surface area contributed by atoms with Crippen LogP contribution < -0.4 is 0 Å². The molecule has 1 saturated heterocycles. The van der Waals surface area contributed by atoms with Crippen LogP contribution in [0.4, 0.5) is 0 Å². The quantitative estimate of drug-likeness (QED) is 0.871. The summed E-state index contributed by atoms with van der Waals surface area (Å²) >= 11 is 0. The van der Waals surface area contributed by atoms with Crippen LogP contribution in [0.15, 0.2) is 54.6 Å². The molecule has 0 spiro atoms. The van der Waals surface area contributed by atoms with Crippen LogP contribution in [0, 0.1) is 5.92 Å². The molecule has 2 atom stereocenters. The first-order chi connectivity index (χ1) is 11.1. The summed E-state index contributed by atoms with van der Waals surface area (Å²) in [6.45, 7) is 8.08. The van der Waals surface area contributed by atoms with Crippen molar-refractivity contribution in [2.45, 2.75) is 32.1 Å². The van der Waals surface area contributed by atoms with E-state index in [1.807, 2.05) is 12.1 Å². The maximum absolute atomic E-state index is 9.80. The van der Waals surface area contributed by atoms with Gasteiger partial charge in [-0.3, -0.25) is 0 Å². The lowest BCUT2D eigenvalue weighted by molar-refractivity contribution is 0.112. The number of benzene rings is 2. The lowest BCUT2D eigenvalue weighted by Gasteiger charge is -2.45. The Morgan fingerprint density at radius 2 is 1.88 bits per heavy atom. The number of hydrogen-bond donors (Lipinski definition) is 1. The van der Waals surface area contributed by atoms with E-state index in [1.54, 1.807) is 6.07 Å². The Bertz CT molecular complexity index is 645. The maximum atomic E-state index is 9.80. The summed E-state index contributed by atoms with van der Waals surface area (Å²) in [5, 5.41) is 9.80. The van der Waals surface area contributed by atoms with Crippen LogP contribution in [-0.4, -0.2) is 29.6 Å². The highest BCUT2D eigenvalue weighted by Crippen LogP contribution is 2.40. The number of piperidine rings is 1. The van der Waals surface area contributed by atoms with E-state index in [9.17, 15) is 5.11 Å². The largest absolute Gasteiger partial charge is 0.508 e. The molecule has 3 heteroatoms. The molecule has 0 aliphatic carbocycles. The summed E-state index contributed by atoms with van der Waals surface area (Å²) in [5.41, 5.74) is 2.84. The number of halogens is 1. The van der Waals surface area contributed by atoms with Crippen LogP contribution >= 0.6 is 12.4 Å². The zero-order valence-corrected chi connectivity index (χ0v) is 15.4. The minimum absolute atomic E-state index is 0. The summed E-state index contributed by atoms with van der Waals surface area (Å²) in [5.74, 6) is 0.955. The molecule has 130 valence electrons. The Morgan fingerprint density at radius 3 is 2.54 bits per heavy atom. The molecule has 24 heavy (non-hydrogen) atoms. The molecule has 0 bridgehead atoms. The van der Waals surface area contributed by atoms with Crippen molar-refractivity contribution in [3.63, 3.8) is 0 Å². The van der Waals surface area contributed by atoms with Crippen molar-refractivity contribution in [3.8, 4) is 5.75 Å². The van der Waals surface area contributed by atoms with Gasteiger partial charge in [0.25, 0.3) is 0 Å². The minimum Gasteiger partial charge on any atom is -0.508 e. The molecule has 2 aromatic carbocycles. The molecule has 2 aromatic rings. The number of phenolic OH excluding ortho intramolecular Hbond substituents is 1. The Morgan fingerprint density at radius 1 is 1.12 bits per heavy atom. The topological polar surface area (TPSA) is 23.5 Å². The van der Waals surface area contributed by atoms with E-state index in [1.165, 1.54) is 11.1 Å². The van der Waals surface area contributed by atoms with Crippen molar-refractivity contribution < 1.29 is 5.11 Å². The third-order valence-corrected chi connectivity index (χ3v) is 5.63. The average molecular weight is 346 g/mol. The Labute approximate surface area is 151 Å². The summed E-state index contributed by atoms with van der Waals surface area (Å²) < 4.78 is 0. The van der Waals surface area contributed by atoms with Gasteiger partial charge in [0.05, 0.1) is 0 Å². The van der Waals surface area contributed by atoms with Gasteiger partial charge >= 0.3 is 0 Å². The van der Waals surface area contributed by atoms with E-state index < -0.39 is 0 Å². The SMILES string of the molecule is C[C@@H]1CN(CCc2ccccc2)CC[C@]1(C)c1cccc(O)c1.Cl. The number of phenols is 1. The van der Waals surface area contributed by atoms with Gasteiger partial charge in [-0.05, 0) is 54.0 Å². The third kappa shape index (κ3) is 4.12. The van der Waals surface area contributed by atoms with Crippen molar-refractivity contribution in [3.05, 3.63) is 65.7 Å². The molecule has 1 fully saturated rings. The second-order valence-corrected chi connectivity index (χ2v) is 7.16. The first kappa shape index (κ1) is 18.8. The summed E-state index contributed by atoms with van der Waals surface area (Å²) in [4.78, 5) is 2.59. The maximum Gasteiger partial charge on any atom is 0.115 e. The van der Waals surface area contributed by atoms with Gasteiger partial charge in [-0.1, -0.05) is 56.3 Å². The van der Waals surface area contributed by atoms with E-state index in [0.717, 1.165) is 32.5 Å². The van der Waals surface area contributed by atoms with Crippen LogP contribution in [-0.2, 0) is 11.8 Å².